The van der Waals surface area contributed by atoms with Gasteiger partial charge in [-0.3, -0.25) is 0 Å². The van der Waals surface area contributed by atoms with Gasteiger partial charge in [0, 0.05) is 6.04 Å². The Balaban J connectivity index is 3.39. The van der Waals surface area contributed by atoms with E-state index in [1.165, 1.54) is 0 Å². The summed E-state index contributed by atoms with van der Waals surface area (Å²) >= 11 is 0. The lowest BCUT2D eigenvalue weighted by Crippen LogP contribution is -2.20. The number of aliphatic hydroxyl groups is 1. The third kappa shape index (κ3) is 6.07. The van der Waals surface area contributed by atoms with Gasteiger partial charge in [0.25, 0.3) is 0 Å². The molecule has 0 radical (unpaired) electrons. The molecule has 11 heavy (non-hydrogen) atoms. The van der Waals surface area contributed by atoms with E-state index in [0.29, 0.717) is 6.04 Å². The molecule has 0 aliphatic rings. The van der Waals surface area contributed by atoms with E-state index in [1.54, 1.807) is 0 Å². The zero-order chi connectivity index (χ0) is 8.69. The standard InChI is InChI=1S/C9H19NO/c1-8(7-11)5-4-6-9(2)10-3/h5,9-11H,4,6-7H2,1-3H3/b8-5-. The number of hydrogen-bond donors (Lipinski definition) is 2. The summed E-state index contributed by atoms with van der Waals surface area (Å²) in [5.41, 5.74) is 1.06. The Kier molecular flexibility index (Phi) is 6.18. The molecule has 0 amide bonds. The minimum atomic E-state index is 0.188. The molecule has 0 heterocycles. The highest BCUT2D eigenvalue weighted by molar-refractivity contribution is 4.97. The molecule has 0 aromatic rings. The second-order valence-corrected chi connectivity index (χ2v) is 2.98. The zero-order valence-corrected chi connectivity index (χ0v) is 7.72. The Morgan fingerprint density at radius 3 is 2.73 bits per heavy atom. The molecule has 1 unspecified atom stereocenters. The molecule has 2 heteroatoms. The van der Waals surface area contributed by atoms with Crippen LogP contribution in [-0.4, -0.2) is 24.8 Å². The zero-order valence-electron chi connectivity index (χ0n) is 7.72. The van der Waals surface area contributed by atoms with Gasteiger partial charge in [0.15, 0.2) is 0 Å². The molecular formula is C9H19NO. The third-order valence-electron chi connectivity index (χ3n) is 1.83. The van der Waals surface area contributed by atoms with Gasteiger partial charge in [-0.1, -0.05) is 11.6 Å². The Bertz CT molecular complexity index is 121. The lowest BCUT2D eigenvalue weighted by atomic mass is 10.1. The number of allylic oxidation sites excluding steroid dienone is 1. The topological polar surface area (TPSA) is 32.3 Å². The lowest BCUT2D eigenvalue weighted by Gasteiger charge is -2.07. The summed E-state index contributed by atoms with van der Waals surface area (Å²) in [7, 11) is 1.97. The SMILES string of the molecule is CNC(C)CC/C=C(/C)CO. The molecule has 0 saturated heterocycles. The molecule has 66 valence electrons. The van der Waals surface area contributed by atoms with Gasteiger partial charge in [-0.05, 0) is 33.7 Å². The average Bonchev–Trinajstić information content (AvgIpc) is 2.04. The molecule has 0 bridgehead atoms. The van der Waals surface area contributed by atoms with Crippen LogP contribution in [0.15, 0.2) is 11.6 Å². The van der Waals surface area contributed by atoms with Crippen molar-refractivity contribution in [3.63, 3.8) is 0 Å². The first-order valence-corrected chi connectivity index (χ1v) is 4.14. The van der Waals surface area contributed by atoms with Crippen molar-refractivity contribution in [3.8, 4) is 0 Å². The van der Waals surface area contributed by atoms with Crippen LogP contribution in [0.1, 0.15) is 26.7 Å². The van der Waals surface area contributed by atoms with Crippen molar-refractivity contribution >= 4 is 0 Å². The van der Waals surface area contributed by atoms with Crippen LogP contribution < -0.4 is 5.32 Å². The fourth-order valence-electron chi connectivity index (χ4n) is 0.789. The maximum atomic E-state index is 8.67. The van der Waals surface area contributed by atoms with Gasteiger partial charge in [-0.2, -0.15) is 0 Å². The molecule has 0 aromatic heterocycles. The summed E-state index contributed by atoms with van der Waals surface area (Å²) in [6.07, 6.45) is 4.27. The van der Waals surface area contributed by atoms with Gasteiger partial charge in [0.2, 0.25) is 0 Å². The number of hydrogen-bond acceptors (Lipinski definition) is 2. The lowest BCUT2D eigenvalue weighted by molar-refractivity contribution is 0.330. The molecule has 0 aliphatic carbocycles. The first-order valence-electron chi connectivity index (χ1n) is 4.14. The highest BCUT2D eigenvalue weighted by Gasteiger charge is 1.94. The monoisotopic (exact) mass is 157 g/mol. The van der Waals surface area contributed by atoms with Crippen molar-refractivity contribution in [2.75, 3.05) is 13.7 Å². The maximum Gasteiger partial charge on any atom is 0.0639 e. The van der Waals surface area contributed by atoms with E-state index in [-0.39, 0.29) is 6.61 Å². The van der Waals surface area contributed by atoms with Crippen LogP contribution in [0, 0.1) is 0 Å². The summed E-state index contributed by atoms with van der Waals surface area (Å²) in [5, 5.41) is 11.8. The van der Waals surface area contributed by atoms with Crippen LogP contribution in [0.2, 0.25) is 0 Å². The fraction of sp³-hybridized carbons (Fsp3) is 0.778. The van der Waals surface area contributed by atoms with Gasteiger partial charge in [-0.15, -0.1) is 0 Å². The van der Waals surface area contributed by atoms with E-state index in [2.05, 4.69) is 18.3 Å². The van der Waals surface area contributed by atoms with E-state index < -0.39 is 0 Å². The van der Waals surface area contributed by atoms with Crippen LogP contribution in [0.3, 0.4) is 0 Å². The second kappa shape index (κ2) is 6.38. The smallest absolute Gasteiger partial charge is 0.0639 e. The Hall–Kier alpha value is -0.340. The van der Waals surface area contributed by atoms with Crippen molar-refractivity contribution in [1.82, 2.24) is 5.32 Å². The summed E-state index contributed by atoms with van der Waals surface area (Å²) in [4.78, 5) is 0. The quantitative estimate of drug-likeness (QED) is 0.590. The van der Waals surface area contributed by atoms with Gasteiger partial charge in [-0.25, -0.2) is 0 Å². The molecular weight excluding hydrogens is 138 g/mol. The van der Waals surface area contributed by atoms with E-state index in [9.17, 15) is 0 Å². The molecule has 0 aromatic carbocycles. The van der Waals surface area contributed by atoms with Crippen molar-refractivity contribution in [2.24, 2.45) is 0 Å². The van der Waals surface area contributed by atoms with Gasteiger partial charge < -0.3 is 10.4 Å². The highest BCUT2D eigenvalue weighted by atomic mass is 16.3. The summed E-state index contributed by atoms with van der Waals surface area (Å²) in [6, 6.07) is 0.567. The van der Waals surface area contributed by atoms with Gasteiger partial charge in [0.05, 0.1) is 6.61 Å². The van der Waals surface area contributed by atoms with E-state index >= 15 is 0 Å². The number of aliphatic hydroxyl groups excluding tert-OH is 1. The average molecular weight is 157 g/mol. The molecule has 2 N–H and O–H groups in total. The molecule has 0 spiro atoms. The first-order chi connectivity index (χ1) is 5.20. The first kappa shape index (κ1) is 10.7. The summed E-state index contributed by atoms with van der Waals surface area (Å²) in [6.45, 7) is 4.29. The van der Waals surface area contributed by atoms with E-state index in [0.717, 1.165) is 18.4 Å². The molecule has 1 atom stereocenters. The van der Waals surface area contributed by atoms with Crippen molar-refractivity contribution in [3.05, 3.63) is 11.6 Å². The summed E-state index contributed by atoms with van der Waals surface area (Å²) in [5.74, 6) is 0. The fourth-order valence-corrected chi connectivity index (χ4v) is 0.789. The number of rotatable bonds is 5. The Morgan fingerprint density at radius 1 is 1.64 bits per heavy atom. The van der Waals surface area contributed by atoms with Crippen LogP contribution >= 0.6 is 0 Å². The van der Waals surface area contributed by atoms with Gasteiger partial charge >= 0.3 is 0 Å². The van der Waals surface area contributed by atoms with Crippen LogP contribution in [0.25, 0.3) is 0 Å². The van der Waals surface area contributed by atoms with E-state index in [4.69, 9.17) is 5.11 Å². The van der Waals surface area contributed by atoms with E-state index in [1.807, 2.05) is 14.0 Å². The molecule has 0 fully saturated rings. The predicted octanol–water partition coefficient (Wildman–Crippen LogP) is 1.31. The largest absolute Gasteiger partial charge is 0.392 e. The normalized spacial score (nSPS) is 15.1. The Morgan fingerprint density at radius 2 is 2.27 bits per heavy atom. The molecule has 0 saturated carbocycles. The molecule has 0 aliphatic heterocycles. The van der Waals surface area contributed by atoms with Gasteiger partial charge in [0.1, 0.15) is 0 Å². The molecule has 2 nitrogen and oxygen atoms in total. The number of nitrogens with one attached hydrogen (secondary N) is 1. The van der Waals surface area contributed by atoms with Crippen LogP contribution in [0.5, 0.6) is 0 Å². The van der Waals surface area contributed by atoms with Crippen LogP contribution in [-0.2, 0) is 0 Å². The maximum absolute atomic E-state index is 8.67. The van der Waals surface area contributed by atoms with Crippen LogP contribution in [0.4, 0.5) is 0 Å². The second-order valence-electron chi connectivity index (χ2n) is 2.98. The Labute approximate surface area is 69.3 Å². The minimum absolute atomic E-state index is 0.188. The van der Waals surface area contributed by atoms with Crippen molar-refractivity contribution < 1.29 is 5.11 Å². The molecule has 0 rings (SSSR count). The van der Waals surface area contributed by atoms with Crippen molar-refractivity contribution in [1.29, 1.82) is 0 Å². The predicted molar refractivity (Wildman–Crippen MR) is 48.6 cm³/mol. The van der Waals surface area contributed by atoms with Crippen molar-refractivity contribution in [2.45, 2.75) is 32.7 Å². The summed E-state index contributed by atoms with van der Waals surface area (Å²) < 4.78 is 0. The highest BCUT2D eigenvalue weighted by Crippen LogP contribution is 2.00. The third-order valence-corrected chi connectivity index (χ3v) is 1.83. The minimum Gasteiger partial charge on any atom is -0.392 e.